The topological polar surface area (TPSA) is 32.3 Å². The van der Waals surface area contributed by atoms with E-state index in [2.05, 4.69) is 26.1 Å². The number of rotatable bonds is 2. The molecule has 1 saturated carbocycles. The summed E-state index contributed by atoms with van der Waals surface area (Å²) in [5.41, 5.74) is 0.398. The van der Waals surface area contributed by atoms with E-state index in [1.54, 1.807) is 0 Å². The van der Waals surface area contributed by atoms with Crippen molar-refractivity contribution in [2.24, 2.45) is 17.3 Å². The van der Waals surface area contributed by atoms with Crippen LogP contribution in [-0.4, -0.2) is 37.0 Å². The smallest absolute Gasteiger partial charge is 0.225 e. The van der Waals surface area contributed by atoms with Crippen LogP contribution >= 0.6 is 0 Å². The SMILES string of the molecule is CN(C(=O)C1CCC(C(C)(C)C)CC1)C1CCNC1. The van der Waals surface area contributed by atoms with Crippen molar-refractivity contribution in [2.45, 2.75) is 58.9 Å². The highest BCUT2D eigenvalue weighted by Crippen LogP contribution is 2.40. The lowest BCUT2D eigenvalue weighted by molar-refractivity contribution is -0.137. The van der Waals surface area contributed by atoms with E-state index in [-0.39, 0.29) is 5.92 Å². The van der Waals surface area contributed by atoms with Crippen molar-refractivity contribution in [2.75, 3.05) is 20.1 Å². The number of hydrogen-bond acceptors (Lipinski definition) is 2. The third kappa shape index (κ3) is 3.50. The van der Waals surface area contributed by atoms with Crippen LogP contribution in [0.1, 0.15) is 52.9 Å². The molecule has 110 valence electrons. The molecule has 0 aromatic heterocycles. The van der Waals surface area contributed by atoms with Gasteiger partial charge in [-0.2, -0.15) is 0 Å². The van der Waals surface area contributed by atoms with Gasteiger partial charge < -0.3 is 10.2 Å². The lowest BCUT2D eigenvalue weighted by atomic mass is 9.69. The summed E-state index contributed by atoms with van der Waals surface area (Å²) in [4.78, 5) is 14.6. The second-order valence-corrected chi connectivity index (χ2v) is 7.51. The van der Waals surface area contributed by atoms with Crippen LogP contribution in [0.5, 0.6) is 0 Å². The fourth-order valence-corrected chi connectivity index (χ4v) is 3.64. The highest BCUT2D eigenvalue weighted by Gasteiger charge is 2.35. The maximum Gasteiger partial charge on any atom is 0.225 e. The zero-order valence-corrected chi connectivity index (χ0v) is 13.0. The monoisotopic (exact) mass is 266 g/mol. The molecule has 0 radical (unpaired) electrons. The number of nitrogens with zero attached hydrogens (tertiary/aromatic N) is 1. The Morgan fingerprint density at radius 1 is 1.11 bits per heavy atom. The van der Waals surface area contributed by atoms with Crippen molar-refractivity contribution in [3.05, 3.63) is 0 Å². The zero-order chi connectivity index (χ0) is 14.0. The van der Waals surface area contributed by atoms with E-state index in [0.717, 1.165) is 38.3 Å². The molecule has 2 aliphatic rings. The first kappa shape index (κ1) is 14.8. The number of amides is 1. The Kier molecular flexibility index (Phi) is 4.54. The standard InChI is InChI=1S/C16H30N2O/c1-16(2,3)13-7-5-12(6-8-13)15(19)18(4)14-9-10-17-11-14/h12-14,17H,5-11H2,1-4H3. The molecule has 0 aromatic carbocycles. The molecule has 1 atom stereocenters. The fraction of sp³-hybridized carbons (Fsp3) is 0.938. The molecule has 3 heteroatoms. The lowest BCUT2D eigenvalue weighted by Gasteiger charge is -2.38. The summed E-state index contributed by atoms with van der Waals surface area (Å²) < 4.78 is 0. The Morgan fingerprint density at radius 2 is 1.74 bits per heavy atom. The molecule has 1 unspecified atom stereocenters. The first-order chi connectivity index (χ1) is 8.89. The van der Waals surface area contributed by atoms with Crippen molar-refractivity contribution in [1.82, 2.24) is 10.2 Å². The summed E-state index contributed by atoms with van der Waals surface area (Å²) in [5.74, 6) is 1.46. The highest BCUT2D eigenvalue weighted by molar-refractivity contribution is 5.79. The number of hydrogen-bond donors (Lipinski definition) is 1. The largest absolute Gasteiger partial charge is 0.341 e. The maximum absolute atomic E-state index is 12.5. The number of carbonyl (C=O) groups is 1. The van der Waals surface area contributed by atoms with Gasteiger partial charge in [0.2, 0.25) is 5.91 Å². The number of carbonyl (C=O) groups excluding carboxylic acids is 1. The van der Waals surface area contributed by atoms with Gasteiger partial charge in [0.05, 0.1) is 0 Å². The molecule has 1 aliphatic carbocycles. The second-order valence-electron chi connectivity index (χ2n) is 7.51. The minimum atomic E-state index is 0.282. The van der Waals surface area contributed by atoms with Gasteiger partial charge in [-0.3, -0.25) is 4.79 Å². The third-order valence-electron chi connectivity index (χ3n) is 5.23. The predicted octanol–water partition coefficient (Wildman–Crippen LogP) is 2.66. The fourth-order valence-electron chi connectivity index (χ4n) is 3.64. The summed E-state index contributed by atoms with van der Waals surface area (Å²) in [6.45, 7) is 9.01. The molecule has 1 N–H and O–H groups in total. The summed E-state index contributed by atoms with van der Waals surface area (Å²) >= 11 is 0. The molecule has 1 aliphatic heterocycles. The lowest BCUT2D eigenvalue weighted by Crippen LogP contribution is -2.43. The summed E-state index contributed by atoms with van der Waals surface area (Å²) in [7, 11) is 2.00. The Hall–Kier alpha value is -0.570. The van der Waals surface area contributed by atoms with E-state index < -0.39 is 0 Å². The van der Waals surface area contributed by atoms with Crippen LogP contribution in [0, 0.1) is 17.3 Å². The molecule has 1 saturated heterocycles. The van der Waals surface area contributed by atoms with E-state index >= 15 is 0 Å². The predicted molar refractivity (Wildman–Crippen MR) is 78.9 cm³/mol. The van der Waals surface area contributed by atoms with Crippen LogP contribution in [0.4, 0.5) is 0 Å². The average Bonchev–Trinajstić information content (AvgIpc) is 2.90. The zero-order valence-electron chi connectivity index (χ0n) is 13.0. The van der Waals surface area contributed by atoms with Crippen molar-refractivity contribution in [3.8, 4) is 0 Å². The van der Waals surface area contributed by atoms with Crippen LogP contribution in [0.15, 0.2) is 0 Å². The van der Waals surface area contributed by atoms with Crippen LogP contribution in [-0.2, 0) is 4.79 Å². The van der Waals surface area contributed by atoms with Gasteiger partial charge in [0, 0.05) is 25.6 Å². The van der Waals surface area contributed by atoms with Gasteiger partial charge in [-0.05, 0) is 50.0 Å². The Morgan fingerprint density at radius 3 is 2.21 bits per heavy atom. The molecular formula is C16H30N2O. The molecule has 19 heavy (non-hydrogen) atoms. The van der Waals surface area contributed by atoms with Gasteiger partial charge in [-0.1, -0.05) is 20.8 Å². The van der Waals surface area contributed by atoms with Crippen LogP contribution < -0.4 is 5.32 Å². The Labute approximate surface area is 118 Å². The van der Waals surface area contributed by atoms with E-state index in [4.69, 9.17) is 0 Å². The van der Waals surface area contributed by atoms with E-state index in [0.29, 0.717) is 17.4 Å². The van der Waals surface area contributed by atoms with Crippen molar-refractivity contribution in [3.63, 3.8) is 0 Å². The highest BCUT2D eigenvalue weighted by atomic mass is 16.2. The molecule has 0 spiro atoms. The first-order valence-electron chi connectivity index (χ1n) is 7.87. The van der Waals surface area contributed by atoms with Crippen LogP contribution in [0.3, 0.4) is 0 Å². The molecule has 0 bridgehead atoms. The van der Waals surface area contributed by atoms with Gasteiger partial charge in [-0.15, -0.1) is 0 Å². The van der Waals surface area contributed by atoms with Gasteiger partial charge in [-0.25, -0.2) is 0 Å². The van der Waals surface area contributed by atoms with Gasteiger partial charge in [0.25, 0.3) is 0 Å². The summed E-state index contributed by atoms with van der Waals surface area (Å²) in [5, 5.41) is 3.34. The Balaban J connectivity index is 1.85. The molecule has 1 amide bonds. The first-order valence-corrected chi connectivity index (χ1v) is 7.87. The Bertz CT molecular complexity index is 307. The minimum Gasteiger partial charge on any atom is -0.341 e. The molecule has 3 nitrogen and oxygen atoms in total. The van der Waals surface area contributed by atoms with Crippen molar-refractivity contribution in [1.29, 1.82) is 0 Å². The van der Waals surface area contributed by atoms with Crippen LogP contribution in [0.2, 0.25) is 0 Å². The quantitative estimate of drug-likeness (QED) is 0.833. The normalized spacial score (nSPS) is 32.3. The minimum absolute atomic E-state index is 0.282. The van der Waals surface area contributed by atoms with Crippen molar-refractivity contribution < 1.29 is 4.79 Å². The van der Waals surface area contributed by atoms with Gasteiger partial charge in [0.1, 0.15) is 0 Å². The molecule has 2 rings (SSSR count). The van der Waals surface area contributed by atoms with E-state index in [1.807, 2.05) is 11.9 Å². The van der Waals surface area contributed by atoms with Gasteiger partial charge in [0.15, 0.2) is 0 Å². The maximum atomic E-state index is 12.5. The van der Waals surface area contributed by atoms with Crippen LogP contribution in [0.25, 0.3) is 0 Å². The van der Waals surface area contributed by atoms with E-state index in [1.165, 1.54) is 12.8 Å². The average molecular weight is 266 g/mol. The summed E-state index contributed by atoms with van der Waals surface area (Å²) in [6.07, 6.45) is 5.73. The second kappa shape index (κ2) is 5.82. The molecule has 2 fully saturated rings. The third-order valence-corrected chi connectivity index (χ3v) is 5.23. The molecular weight excluding hydrogens is 236 g/mol. The van der Waals surface area contributed by atoms with Gasteiger partial charge >= 0.3 is 0 Å². The molecule has 0 aromatic rings. The number of nitrogens with one attached hydrogen (secondary N) is 1. The van der Waals surface area contributed by atoms with E-state index in [9.17, 15) is 4.79 Å². The summed E-state index contributed by atoms with van der Waals surface area (Å²) in [6, 6.07) is 0.424. The molecule has 1 heterocycles. The number of likely N-dealkylation sites (N-methyl/N-ethyl adjacent to an activating group) is 1. The van der Waals surface area contributed by atoms with Crippen molar-refractivity contribution >= 4 is 5.91 Å².